The molecule has 3 aromatic carbocycles. The Balaban J connectivity index is 1.66. The average molecular weight is 532 g/mol. The number of hydrogen-bond donors (Lipinski definition) is 1. The summed E-state index contributed by atoms with van der Waals surface area (Å²) >= 11 is 6.26. The van der Waals surface area contributed by atoms with E-state index in [1.54, 1.807) is 24.3 Å². The fourth-order valence-corrected chi connectivity index (χ4v) is 5.69. The zero-order chi connectivity index (χ0) is 27.1. The number of carbonyl (C=O) groups excluding carboxylic acids is 2. The van der Waals surface area contributed by atoms with Crippen LogP contribution in [0.25, 0.3) is 0 Å². The summed E-state index contributed by atoms with van der Waals surface area (Å²) in [6.07, 6.45) is 6.31. The van der Waals surface area contributed by atoms with E-state index in [1.807, 2.05) is 50.5 Å². The predicted molar refractivity (Wildman–Crippen MR) is 157 cm³/mol. The standard InChI is InChI=1S/C32H38ClN3O2/c1-4-27(23-13-7-5-8-14-23)32(38)36(26-15-9-6-10-16-26)22-24-21-25(19-20-30(24)35(2)3)34-31(37)28-17-11-12-18-29(28)33/h5,7-8,11-14,17-21,26-27H,4,6,9-10,15-16,22H2,1-3H3,(H,34,37). The number of benzene rings is 3. The van der Waals surface area contributed by atoms with Crippen molar-refractivity contribution in [3.05, 3.63) is 94.5 Å². The minimum Gasteiger partial charge on any atom is -0.377 e. The first-order chi connectivity index (χ1) is 18.4. The first kappa shape index (κ1) is 27.7. The van der Waals surface area contributed by atoms with Gasteiger partial charge in [0.05, 0.1) is 16.5 Å². The highest BCUT2D eigenvalue weighted by Gasteiger charge is 2.31. The second-order valence-corrected chi connectivity index (χ2v) is 10.7. The summed E-state index contributed by atoms with van der Waals surface area (Å²) in [6, 6.07) is 23.3. The molecule has 0 saturated heterocycles. The molecule has 4 rings (SSSR count). The Bertz CT molecular complexity index is 1240. The van der Waals surface area contributed by atoms with E-state index in [2.05, 4.69) is 34.2 Å². The van der Waals surface area contributed by atoms with E-state index in [4.69, 9.17) is 11.6 Å². The first-order valence-corrected chi connectivity index (χ1v) is 14.0. The maximum absolute atomic E-state index is 14.2. The summed E-state index contributed by atoms with van der Waals surface area (Å²) in [5.74, 6) is -0.251. The molecule has 1 aliphatic carbocycles. The van der Waals surface area contributed by atoms with Crippen molar-refractivity contribution in [1.29, 1.82) is 0 Å². The molecule has 6 heteroatoms. The van der Waals surface area contributed by atoms with Crippen LogP contribution in [0.3, 0.4) is 0 Å². The molecule has 38 heavy (non-hydrogen) atoms. The molecule has 5 nitrogen and oxygen atoms in total. The highest BCUT2D eigenvalue weighted by atomic mass is 35.5. The van der Waals surface area contributed by atoms with Gasteiger partial charge in [-0.25, -0.2) is 0 Å². The third-order valence-corrected chi connectivity index (χ3v) is 7.81. The molecular weight excluding hydrogens is 494 g/mol. The second-order valence-electron chi connectivity index (χ2n) is 10.3. The zero-order valence-electron chi connectivity index (χ0n) is 22.6. The van der Waals surface area contributed by atoms with Crippen LogP contribution in [0, 0.1) is 0 Å². The van der Waals surface area contributed by atoms with E-state index in [0.29, 0.717) is 22.8 Å². The van der Waals surface area contributed by atoms with E-state index in [-0.39, 0.29) is 23.8 Å². The van der Waals surface area contributed by atoms with Crippen LogP contribution >= 0.6 is 11.6 Å². The van der Waals surface area contributed by atoms with Crippen LogP contribution in [-0.4, -0.2) is 36.9 Å². The molecule has 0 spiro atoms. The maximum Gasteiger partial charge on any atom is 0.257 e. The lowest BCUT2D eigenvalue weighted by atomic mass is 9.90. The van der Waals surface area contributed by atoms with Gasteiger partial charge in [0, 0.05) is 38.1 Å². The van der Waals surface area contributed by atoms with Gasteiger partial charge >= 0.3 is 0 Å². The number of nitrogens with zero attached hydrogens (tertiary/aromatic N) is 2. The first-order valence-electron chi connectivity index (χ1n) is 13.6. The Morgan fingerprint density at radius 1 is 0.947 bits per heavy atom. The quantitative estimate of drug-likeness (QED) is 0.311. The van der Waals surface area contributed by atoms with Crippen LogP contribution in [-0.2, 0) is 11.3 Å². The van der Waals surface area contributed by atoms with Crippen molar-refractivity contribution < 1.29 is 9.59 Å². The van der Waals surface area contributed by atoms with Crippen LogP contribution in [0.1, 0.15) is 72.9 Å². The summed E-state index contributed by atoms with van der Waals surface area (Å²) in [4.78, 5) is 31.3. The lowest BCUT2D eigenvalue weighted by Gasteiger charge is -2.37. The van der Waals surface area contributed by atoms with Crippen molar-refractivity contribution in [2.75, 3.05) is 24.3 Å². The highest BCUT2D eigenvalue weighted by Crippen LogP contribution is 2.32. The normalized spacial score (nSPS) is 14.5. The van der Waals surface area contributed by atoms with Gasteiger partial charge in [-0.15, -0.1) is 0 Å². The average Bonchev–Trinajstić information content (AvgIpc) is 2.93. The van der Waals surface area contributed by atoms with Crippen LogP contribution < -0.4 is 10.2 Å². The number of carbonyl (C=O) groups is 2. The van der Waals surface area contributed by atoms with Gasteiger partial charge in [-0.1, -0.05) is 80.3 Å². The topological polar surface area (TPSA) is 52.7 Å². The van der Waals surface area contributed by atoms with Crippen molar-refractivity contribution in [3.8, 4) is 0 Å². The number of amides is 2. The van der Waals surface area contributed by atoms with Crippen molar-refractivity contribution in [2.24, 2.45) is 0 Å². The third-order valence-electron chi connectivity index (χ3n) is 7.49. The molecule has 1 saturated carbocycles. The minimum atomic E-state index is -0.255. The molecule has 1 unspecified atom stereocenters. The molecule has 200 valence electrons. The Labute approximate surface area is 231 Å². The molecule has 1 N–H and O–H groups in total. The van der Waals surface area contributed by atoms with Crippen LogP contribution in [0.5, 0.6) is 0 Å². The number of nitrogens with one attached hydrogen (secondary N) is 1. The Morgan fingerprint density at radius 2 is 1.63 bits per heavy atom. The molecule has 0 radical (unpaired) electrons. The maximum atomic E-state index is 14.2. The van der Waals surface area contributed by atoms with Crippen molar-refractivity contribution >= 4 is 34.8 Å². The summed E-state index contributed by atoms with van der Waals surface area (Å²) < 4.78 is 0. The fraction of sp³-hybridized carbons (Fsp3) is 0.375. The molecule has 0 bridgehead atoms. The summed E-state index contributed by atoms with van der Waals surface area (Å²) in [5.41, 5.74) is 4.21. The largest absolute Gasteiger partial charge is 0.377 e. The molecule has 0 aromatic heterocycles. The van der Waals surface area contributed by atoms with Gasteiger partial charge in [-0.3, -0.25) is 9.59 Å². The number of anilines is 2. The van der Waals surface area contributed by atoms with Crippen molar-refractivity contribution in [1.82, 2.24) is 4.90 Å². The van der Waals surface area contributed by atoms with Crippen molar-refractivity contribution in [3.63, 3.8) is 0 Å². The Kier molecular flexibility index (Phi) is 9.46. The highest BCUT2D eigenvalue weighted by molar-refractivity contribution is 6.34. The summed E-state index contributed by atoms with van der Waals surface area (Å²) in [6.45, 7) is 2.58. The second kappa shape index (κ2) is 13.0. The molecule has 0 heterocycles. The molecule has 2 amide bonds. The van der Waals surface area contributed by atoms with Gasteiger partial charge in [0.1, 0.15) is 0 Å². The summed E-state index contributed by atoms with van der Waals surface area (Å²) in [5, 5.41) is 3.41. The number of rotatable bonds is 9. The SMILES string of the molecule is CCC(C(=O)N(Cc1cc(NC(=O)c2ccccc2Cl)ccc1N(C)C)C1CCCCC1)c1ccccc1. The monoisotopic (exact) mass is 531 g/mol. The van der Waals surface area contributed by atoms with E-state index >= 15 is 0 Å². The number of halogens is 1. The van der Waals surface area contributed by atoms with E-state index in [0.717, 1.165) is 48.9 Å². The Hall–Kier alpha value is -3.31. The third kappa shape index (κ3) is 6.57. The fourth-order valence-electron chi connectivity index (χ4n) is 5.47. The van der Waals surface area contributed by atoms with Gasteiger partial charge < -0.3 is 15.1 Å². The zero-order valence-corrected chi connectivity index (χ0v) is 23.4. The van der Waals surface area contributed by atoms with Gasteiger partial charge in [0.2, 0.25) is 5.91 Å². The molecule has 1 atom stereocenters. The Morgan fingerprint density at radius 3 is 2.29 bits per heavy atom. The molecule has 3 aromatic rings. The summed E-state index contributed by atoms with van der Waals surface area (Å²) in [7, 11) is 4.01. The van der Waals surface area contributed by atoms with Gasteiger partial charge in [0.25, 0.3) is 5.91 Å². The van der Waals surface area contributed by atoms with Crippen molar-refractivity contribution in [2.45, 2.75) is 64.0 Å². The smallest absolute Gasteiger partial charge is 0.257 e. The van der Waals surface area contributed by atoms with E-state index in [1.165, 1.54) is 6.42 Å². The van der Waals surface area contributed by atoms with Gasteiger partial charge in [-0.05, 0) is 60.7 Å². The molecule has 1 fully saturated rings. The van der Waals surface area contributed by atoms with E-state index in [9.17, 15) is 9.59 Å². The van der Waals surface area contributed by atoms with E-state index < -0.39 is 0 Å². The van der Waals surface area contributed by atoms with Crippen LogP contribution in [0.15, 0.2) is 72.8 Å². The minimum absolute atomic E-state index is 0.177. The molecule has 1 aliphatic rings. The predicted octanol–water partition coefficient (Wildman–Crippen LogP) is 7.51. The lowest BCUT2D eigenvalue weighted by Crippen LogP contribution is -2.43. The molecular formula is C32H38ClN3O2. The van der Waals surface area contributed by atoms with Crippen LogP contribution in [0.4, 0.5) is 11.4 Å². The lowest BCUT2D eigenvalue weighted by molar-refractivity contribution is -0.136. The van der Waals surface area contributed by atoms with Crippen LogP contribution in [0.2, 0.25) is 5.02 Å². The van der Waals surface area contributed by atoms with Gasteiger partial charge in [-0.2, -0.15) is 0 Å². The van der Waals surface area contributed by atoms with Gasteiger partial charge in [0.15, 0.2) is 0 Å². The molecule has 0 aliphatic heterocycles. The number of hydrogen-bond acceptors (Lipinski definition) is 3.